The van der Waals surface area contributed by atoms with Gasteiger partial charge in [-0.25, -0.2) is 4.98 Å². The van der Waals surface area contributed by atoms with Gasteiger partial charge in [0.25, 0.3) is 5.91 Å². The first-order valence-corrected chi connectivity index (χ1v) is 8.52. The Balaban J connectivity index is 1.73. The van der Waals surface area contributed by atoms with Gasteiger partial charge in [-0.1, -0.05) is 6.07 Å². The largest absolute Gasteiger partial charge is 0.369 e. The monoisotopic (exact) mass is 337 g/mol. The van der Waals surface area contributed by atoms with Gasteiger partial charge in [0.1, 0.15) is 12.6 Å². The van der Waals surface area contributed by atoms with Crippen LogP contribution < -0.4 is 5.32 Å². The van der Waals surface area contributed by atoms with Crippen molar-refractivity contribution < 1.29 is 14.3 Å². The van der Waals surface area contributed by atoms with Crippen LogP contribution in [-0.4, -0.2) is 41.0 Å². The number of nitrogens with zero attached hydrogens (tertiary/aromatic N) is 2. The minimum absolute atomic E-state index is 0.0194. The Labute approximate surface area is 135 Å². The molecule has 0 bridgehead atoms. The number of aromatic nitrogens is 1. The summed E-state index contributed by atoms with van der Waals surface area (Å²) in [4.78, 5) is 31.4. The molecule has 3 heterocycles. The topological polar surface area (TPSA) is 71.5 Å². The maximum atomic E-state index is 12.4. The molecule has 0 aliphatic carbocycles. The van der Waals surface area contributed by atoms with Crippen LogP contribution in [0.15, 0.2) is 22.9 Å². The zero-order valence-electron chi connectivity index (χ0n) is 11.9. The fraction of sp³-hybridized carbons (Fsp3) is 0.357. The molecule has 116 valence electrons. The molecule has 1 aliphatic heterocycles. The normalized spacial score (nSPS) is 18.5. The zero-order chi connectivity index (χ0) is 15.5. The van der Waals surface area contributed by atoms with Crippen molar-refractivity contribution in [3.05, 3.63) is 33.5 Å². The minimum Gasteiger partial charge on any atom is -0.369 e. The van der Waals surface area contributed by atoms with Crippen molar-refractivity contribution in [1.29, 1.82) is 0 Å². The summed E-state index contributed by atoms with van der Waals surface area (Å²) in [5.74, 6) is -0.436. The van der Waals surface area contributed by atoms with E-state index < -0.39 is 6.04 Å². The van der Waals surface area contributed by atoms with Crippen LogP contribution in [0, 0.1) is 6.92 Å². The van der Waals surface area contributed by atoms with Gasteiger partial charge in [0.2, 0.25) is 5.91 Å². The van der Waals surface area contributed by atoms with Gasteiger partial charge in [-0.3, -0.25) is 9.59 Å². The zero-order valence-corrected chi connectivity index (χ0v) is 13.6. The highest BCUT2D eigenvalue weighted by atomic mass is 32.1. The second kappa shape index (κ2) is 6.55. The van der Waals surface area contributed by atoms with E-state index in [1.165, 1.54) is 11.3 Å². The van der Waals surface area contributed by atoms with Crippen LogP contribution >= 0.6 is 22.7 Å². The summed E-state index contributed by atoms with van der Waals surface area (Å²) in [6.45, 7) is 2.51. The number of morpholine rings is 1. The Hall–Kier alpha value is -1.77. The maximum absolute atomic E-state index is 12.4. The van der Waals surface area contributed by atoms with E-state index in [4.69, 9.17) is 4.74 Å². The minimum atomic E-state index is -0.632. The Morgan fingerprint density at radius 3 is 3.09 bits per heavy atom. The number of anilines is 1. The van der Waals surface area contributed by atoms with Crippen molar-refractivity contribution in [2.75, 3.05) is 18.5 Å². The van der Waals surface area contributed by atoms with Crippen LogP contribution in [0.5, 0.6) is 0 Å². The van der Waals surface area contributed by atoms with E-state index in [1.807, 2.05) is 29.8 Å². The number of hydrogen-bond acceptors (Lipinski definition) is 6. The van der Waals surface area contributed by atoms with Gasteiger partial charge < -0.3 is 15.0 Å². The van der Waals surface area contributed by atoms with Gasteiger partial charge in [-0.2, -0.15) is 0 Å². The molecule has 3 rings (SSSR count). The molecule has 8 heteroatoms. The van der Waals surface area contributed by atoms with Crippen LogP contribution in [0.3, 0.4) is 0 Å². The fourth-order valence-corrected chi connectivity index (χ4v) is 3.58. The Morgan fingerprint density at radius 2 is 2.41 bits per heavy atom. The highest BCUT2D eigenvalue weighted by Gasteiger charge is 2.34. The van der Waals surface area contributed by atoms with E-state index in [0.717, 1.165) is 10.6 Å². The van der Waals surface area contributed by atoms with E-state index in [2.05, 4.69) is 10.3 Å². The van der Waals surface area contributed by atoms with Gasteiger partial charge in [0.15, 0.2) is 5.13 Å². The smallest absolute Gasteiger partial charge is 0.251 e. The molecule has 0 radical (unpaired) electrons. The molecule has 0 aromatic carbocycles. The van der Waals surface area contributed by atoms with Crippen molar-refractivity contribution in [3.8, 4) is 0 Å². The second-order valence-corrected chi connectivity index (χ2v) is 6.81. The van der Waals surface area contributed by atoms with Crippen LogP contribution in [-0.2, 0) is 20.9 Å². The quantitative estimate of drug-likeness (QED) is 0.925. The molecule has 6 nitrogen and oxygen atoms in total. The van der Waals surface area contributed by atoms with E-state index in [0.29, 0.717) is 11.7 Å². The Morgan fingerprint density at radius 1 is 1.55 bits per heavy atom. The number of amides is 2. The van der Waals surface area contributed by atoms with E-state index in [1.54, 1.807) is 16.2 Å². The van der Waals surface area contributed by atoms with Crippen LogP contribution in [0.25, 0.3) is 0 Å². The fourth-order valence-electron chi connectivity index (χ4n) is 2.19. The molecule has 1 fully saturated rings. The molecular formula is C14H15N3O3S2. The lowest BCUT2D eigenvalue weighted by molar-refractivity contribution is -0.153. The number of carbonyl (C=O) groups excluding carboxylic acids is 2. The first kappa shape index (κ1) is 15.1. The van der Waals surface area contributed by atoms with Crippen molar-refractivity contribution in [1.82, 2.24) is 9.88 Å². The molecule has 22 heavy (non-hydrogen) atoms. The number of nitrogens with one attached hydrogen (secondary N) is 1. The molecule has 0 spiro atoms. The third-order valence-electron chi connectivity index (χ3n) is 3.26. The average molecular weight is 337 g/mol. The summed E-state index contributed by atoms with van der Waals surface area (Å²) in [5.41, 5.74) is 0.853. The molecule has 1 saturated heterocycles. The predicted molar refractivity (Wildman–Crippen MR) is 85.0 cm³/mol. The number of carbonyl (C=O) groups is 2. The summed E-state index contributed by atoms with van der Waals surface area (Å²) in [6, 6.07) is 3.25. The molecule has 1 aliphatic rings. The maximum Gasteiger partial charge on any atom is 0.251 e. The molecule has 1 N–H and O–H groups in total. The molecule has 0 unspecified atom stereocenters. The second-order valence-electron chi connectivity index (χ2n) is 4.92. The lowest BCUT2D eigenvalue weighted by Crippen LogP contribution is -2.54. The molecule has 1 atom stereocenters. The average Bonchev–Trinajstić information content (AvgIpc) is 3.13. The third-order valence-corrected chi connectivity index (χ3v) is 4.99. The standard InChI is InChI=1S/C14H15N3O3S2/c1-9-8-22-14(15-9)16-13(19)11-6-20-7-12(18)17(11)5-10-3-2-4-21-10/h2-4,8,11H,5-7H2,1H3,(H,15,16,19)/t11-/m1/s1. The molecule has 2 aromatic rings. The van der Waals surface area contributed by atoms with Crippen LogP contribution in [0.1, 0.15) is 10.6 Å². The summed E-state index contributed by atoms with van der Waals surface area (Å²) < 4.78 is 5.24. The Kier molecular flexibility index (Phi) is 4.51. The van der Waals surface area contributed by atoms with Crippen molar-refractivity contribution in [3.63, 3.8) is 0 Å². The van der Waals surface area contributed by atoms with Gasteiger partial charge in [0, 0.05) is 10.3 Å². The number of thiophene rings is 1. The van der Waals surface area contributed by atoms with Crippen molar-refractivity contribution >= 4 is 39.6 Å². The van der Waals surface area contributed by atoms with Gasteiger partial charge in [0.05, 0.1) is 18.8 Å². The highest BCUT2D eigenvalue weighted by molar-refractivity contribution is 7.13. The first-order chi connectivity index (χ1) is 10.6. The van der Waals surface area contributed by atoms with E-state index in [-0.39, 0.29) is 25.0 Å². The number of thiazole rings is 1. The molecule has 0 saturated carbocycles. The SMILES string of the molecule is Cc1csc(NC(=O)[C@H]2COCC(=O)N2Cc2cccs2)n1. The Bertz CT molecular complexity index is 669. The van der Waals surface area contributed by atoms with Crippen LogP contribution in [0.2, 0.25) is 0 Å². The summed E-state index contributed by atoms with van der Waals surface area (Å²) in [6.07, 6.45) is 0. The molecule has 2 aromatic heterocycles. The summed E-state index contributed by atoms with van der Waals surface area (Å²) in [7, 11) is 0. The lowest BCUT2D eigenvalue weighted by Gasteiger charge is -2.33. The van der Waals surface area contributed by atoms with Crippen LogP contribution in [0.4, 0.5) is 5.13 Å². The first-order valence-electron chi connectivity index (χ1n) is 6.76. The number of hydrogen-bond donors (Lipinski definition) is 1. The van der Waals surface area contributed by atoms with E-state index >= 15 is 0 Å². The molecular weight excluding hydrogens is 322 g/mol. The highest BCUT2D eigenvalue weighted by Crippen LogP contribution is 2.20. The number of ether oxygens (including phenoxy) is 1. The van der Waals surface area contributed by atoms with Crippen molar-refractivity contribution in [2.24, 2.45) is 0 Å². The summed E-state index contributed by atoms with van der Waals surface area (Å²) in [5, 5.41) is 7.11. The van der Waals surface area contributed by atoms with Gasteiger partial charge in [-0.05, 0) is 18.4 Å². The molecule has 2 amide bonds. The number of rotatable bonds is 4. The number of aryl methyl sites for hydroxylation is 1. The third kappa shape index (κ3) is 3.34. The predicted octanol–water partition coefficient (Wildman–Crippen LogP) is 1.88. The van der Waals surface area contributed by atoms with Gasteiger partial charge in [-0.15, -0.1) is 22.7 Å². The van der Waals surface area contributed by atoms with E-state index in [9.17, 15) is 9.59 Å². The van der Waals surface area contributed by atoms with Crippen molar-refractivity contribution in [2.45, 2.75) is 19.5 Å². The summed E-state index contributed by atoms with van der Waals surface area (Å²) >= 11 is 2.93. The lowest BCUT2D eigenvalue weighted by atomic mass is 10.2. The van der Waals surface area contributed by atoms with Gasteiger partial charge >= 0.3 is 0 Å².